The average Bonchev–Trinajstić information content (AvgIpc) is 2.79. The topological polar surface area (TPSA) is 12.0 Å². The lowest BCUT2D eigenvalue weighted by Crippen LogP contribution is -2.38. The van der Waals surface area contributed by atoms with E-state index in [1.807, 2.05) is 0 Å². The Bertz CT molecular complexity index is 202. The molecular weight excluding hydrogens is 182 g/mol. The maximum absolute atomic E-state index is 3.69. The van der Waals surface area contributed by atoms with Gasteiger partial charge in [-0.1, -0.05) is 26.7 Å². The molecule has 3 atom stereocenters. The molecule has 1 N–H and O–H groups in total. The summed E-state index contributed by atoms with van der Waals surface area (Å²) in [5.41, 5.74) is 0.701. The van der Waals surface area contributed by atoms with E-state index in [9.17, 15) is 0 Å². The third kappa shape index (κ3) is 2.22. The van der Waals surface area contributed by atoms with Crippen molar-refractivity contribution in [2.45, 2.75) is 58.8 Å². The minimum Gasteiger partial charge on any atom is -0.316 e. The van der Waals surface area contributed by atoms with Crippen LogP contribution in [-0.4, -0.2) is 13.1 Å². The van der Waals surface area contributed by atoms with Gasteiger partial charge < -0.3 is 5.32 Å². The Balaban J connectivity index is 1.92. The van der Waals surface area contributed by atoms with Gasteiger partial charge in [-0.15, -0.1) is 0 Å². The maximum Gasteiger partial charge on any atom is 0.00106 e. The first-order valence-corrected chi connectivity index (χ1v) is 7.01. The second-order valence-electron chi connectivity index (χ2n) is 5.87. The van der Waals surface area contributed by atoms with Gasteiger partial charge in [0.2, 0.25) is 0 Å². The Hall–Kier alpha value is -0.0400. The molecule has 0 amide bonds. The van der Waals surface area contributed by atoms with Crippen molar-refractivity contribution in [3.63, 3.8) is 0 Å². The first-order chi connectivity index (χ1) is 7.30. The molecule has 0 aliphatic heterocycles. The smallest absolute Gasteiger partial charge is 0.00106 e. The molecule has 1 heteroatoms. The molecule has 2 fully saturated rings. The minimum absolute atomic E-state index is 0.701. The first kappa shape index (κ1) is 11.4. The molecule has 0 aromatic rings. The van der Waals surface area contributed by atoms with Crippen molar-refractivity contribution in [1.29, 1.82) is 0 Å². The van der Waals surface area contributed by atoms with Crippen LogP contribution in [0.5, 0.6) is 0 Å². The highest BCUT2D eigenvalue weighted by atomic mass is 14.9. The summed E-state index contributed by atoms with van der Waals surface area (Å²) < 4.78 is 0. The van der Waals surface area contributed by atoms with Gasteiger partial charge in [-0.3, -0.25) is 0 Å². The Kier molecular flexibility index (Phi) is 3.71. The van der Waals surface area contributed by atoms with Gasteiger partial charge >= 0.3 is 0 Å². The highest BCUT2D eigenvalue weighted by molar-refractivity contribution is 5.01. The molecule has 1 nitrogen and oxygen atoms in total. The summed E-state index contributed by atoms with van der Waals surface area (Å²) in [6.45, 7) is 7.13. The van der Waals surface area contributed by atoms with Gasteiger partial charge in [0.15, 0.2) is 0 Å². The molecule has 2 aliphatic rings. The lowest BCUT2D eigenvalue weighted by molar-refractivity contribution is 0.142. The second kappa shape index (κ2) is 4.86. The zero-order chi connectivity index (χ0) is 10.7. The predicted molar refractivity (Wildman–Crippen MR) is 65.9 cm³/mol. The maximum atomic E-state index is 3.69. The quantitative estimate of drug-likeness (QED) is 0.659. The summed E-state index contributed by atoms with van der Waals surface area (Å²) in [6.07, 6.45) is 10.2. The Morgan fingerprint density at radius 3 is 2.60 bits per heavy atom. The van der Waals surface area contributed by atoms with E-state index in [1.54, 1.807) is 6.42 Å². The number of fused-ring (bicyclic) bond motifs is 2. The van der Waals surface area contributed by atoms with Crippen LogP contribution in [0.2, 0.25) is 0 Å². The fourth-order valence-corrected chi connectivity index (χ4v) is 4.18. The van der Waals surface area contributed by atoms with Gasteiger partial charge in [0.05, 0.1) is 0 Å². The van der Waals surface area contributed by atoms with Crippen molar-refractivity contribution in [3.05, 3.63) is 0 Å². The third-order valence-corrected chi connectivity index (χ3v) is 4.75. The van der Waals surface area contributed by atoms with E-state index in [0.29, 0.717) is 5.41 Å². The van der Waals surface area contributed by atoms with Crippen LogP contribution in [0.15, 0.2) is 0 Å². The van der Waals surface area contributed by atoms with Crippen molar-refractivity contribution in [1.82, 2.24) is 5.32 Å². The summed E-state index contributed by atoms with van der Waals surface area (Å²) >= 11 is 0. The number of hydrogen-bond acceptors (Lipinski definition) is 1. The first-order valence-electron chi connectivity index (χ1n) is 7.01. The summed E-state index contributed by atoms with van der Waals surface area (Å²) in [5.74, 6) is 2.15. The van der Waals surface area contributed by atoms with E-state index in [1.165, 1.54) is 51.6 Å². The van der Waals surface area contributed by atoms with E-state index in [4.69, 9.17) is 0 Å². The van der Waals surface area contributed by atoms with E-state index in [-0.39, 0.29) is 0 Å². The fraction of sp³-hybridized carbons (Fsp3) is 1.00. The average molecular weight is 209 g/mol. The molecule has 0 aromatic heterocycles. The Morgan fingerprint density at radius 2 is 2.07 bits per heavy atom. The van der Waals surface area contributed by atoms with Crippen LogP contribution in [0.1, 0.15) is 58.8 Å². The summed E-state index contributed by atoms with van der Waals surface area (Å²) in [4.78, 5) is 0. The van der Waals surface area contributed by atoms with Crippen LogP contribution in [0, 0.1) is 17.3 Å². The number of nitrogens with one attached hydrogen (secondary N) is 1. The zero-order valence-corrected chi connectivity index (χ0v) is 10.5. The second-order valence-corrected chi connectivity index (χ2v) is 5.87. The highest BCUT2D eigenvalue weighted by Crippen LogP contribution is 2.57. The van der Waals surface area contributed by atoms with Gasteiger partial charge in [0.25, 0.3) is 0 Å². The van der Waals surface area contributed by atoms with Gasteiger partial charge in [0, 0.05) is 6.54 Å². The van der Waals surface area contributed by atoms with Gasteiger partial charge in [-0.2, -0.15) is 0 Å². The van der Waals surface area contributed by atoms with Crippen molar-refractivity contribution >= 4 is 0 Å². The summed E-state index contributed by atoms with van der Waals surface area (Å²) in [6, 6.07) is 0. The van der Waals surface area contributed by atoms with E-state index in [0.717, 1.165) is 11.8 Å². The lowest BCUT2D eigenvalue weighted by atomic mass is 9.70. The molecule has 0 heterocycles. The third-order valence-electron chi connectivity index (χ3n) is 4.75. The van der Waals surface area contributed by atoms with Crippen LogP contribution in [0.4, 0.5) is 0 Å². The van der Waals surface area contributed by atoms with Crippen molar-refractivity contribution in [2.75, 3.05) is 13.1 Å². The normalized spacial score (nSPS) is 38.8. The van der Waals surface area contributed by atoms with E-state index in [2.05, 4.69) is 19.2 Å². The van der Waals surface area contributed by atoms with Crippen LogP contribution in [-0.2, 0) is 0 Å². The van der Waals surface area contributed by atoms with Crippen LogP contribution < -0.4 is 5.32 Å². The number of rotatable bonds is 6. The monoisotopic (exact) mass is 209 g/mol. The molecule has 2 saturated carbocycles. The molecule has 3 unspecified atom stereocenters. The molecule has 2 bridgehead atoms. The zero-order valence-electron chi connectivity index (χ0n) is 10.5. The summed E-state index contributed by atoms with van der Waals surface area (Å²) in [5, 5.41) is 3.69. The molecule has 15 heavy (non-hydrogen) atoms. The molecule has 2 aliphatic carbocycles. The molecule has 0 saturated heterocycles. The molecular formula is C14H27N. The lowest BCUT2D eigenvalue weighted by Gasteiger charge is -2.38. The van der Waals surface area contributed by atoms with Gasteiger partial charge in [-0.25, -0.2) is 0 Å². The molecule has 0 aromatic carbocycles. The van der Waals surface area contributed by atoms with Crippen LogP contribution in [0.25, 0.3) is 0 Å². The summed E-state index contributed by atoms with van der Waals surface area (Å²) in [7, 11) is 0. The van der Waals surface area contributed by atoms with Crippen molar-refractivity contribution < 1.29 is 0 Å². The Morgan fingerprint density at radius 1 is 1.20 bits per heavy atom. The standard InChI is InChI=1S/C14H27N/c1-3-7-14(11-15-8-4-2)10-12-5-6-13(14)9-12/h12-13,15H,3-11H2,1-2H3. The van der Waals surface area contributed by atoms with E-state index < -0.39 is 0 Å². The Labute approximate surface area is 95.0 Å². The van der Waals surface area contributed by atoms with E-state index >= 15 is 0 Å². The minimum atomic E-state index is 0.701. The van der Waals surface area contributed by atoms with Crippen LogP contribution >= 0.6 is 0 Å². The van der Waals surface area contributed by atoms with Gasteiger partial charge in [0.1, 0.15) is 0 Å². The van der Waals surface area contributed by atoms with Gasteiger partial charge in [-0.05, 0) is 55.9 Å². The molecule has 88 valence electrons. The molecule has 0 spiro atoms. The highest BCUT2D eigenvalue weighted by Gasteiger charge is 2.49. The van der Waals surface area contributed by atoms with Crippen LogP contribution in [0.3, 0.4) is 0 Å². The largest absolute Gasteiger partial charge is 0.316 e. The molecule has 0 radical (unpaired) electrons. The fourth-order valence-electron chi connectivity index (χ4n) is 4.18. The van der Waals surface area contributed by atoms with Crippen molar-refractivity contribution in [2.24, 2.45) is 17.3 Å². The molecule has 2 rings (SSSR count). The SMILES string of the molecule is CCCNCC1(CCC)CC2CCC1C2. The predicted octanol–water partition coefficient (Wildman–Crippen LogP) is 3.59. The van der Waals surface area contributed by atoms with Crippen molar-refractivity contribution in [3.8, 4) is 0 Å². The number of hydrogen-bond donors (Lipinski definition) is 1.